The van der Waals surface area contributed by atoms with E-state index in [4.69, 9.17) is 9.90 Å². The van der Waals surface area contributed by atoms with E-state index < -0.39 is 9.84 Å². The maximum absolute atomic E-state index is 11.8. The Labute approximate surface area is 138 Å². The van der Waals surface area contributed by atoms with Gasteiger partial charge in [-0.05, 0) is 23.8 Å². The van der Waals surface area contributed by atoms with Crippen LogP contribution in [-0.2, 0) is 25.8 Å². The third-order valence-electron chi connectivity index (χ3n) is 2.78. The van der Waals surface area contributed by atoms with Crippen LogP contribution in [0.5, 0.6) is 0 Å². The van der Waals surface area contributed by atoms with Crippen molar-refractivity contribution in [1.82, 2.24) is 4.98 Å². The number of amides is 1. The molecule has 0 radical (unpaired) electrons. The van der Waals surface area contributed by atoms with Gasteiger partial charge in [0.05, 0.1) is 11.3 Å². The van der Waals surface area contributed by atoms with Crippen molar-refractivity contribution < 1.29 is 23.1 Å². The molecule has 0 fully saturated rings. The predicted molar refractivity (Wildman–Crippen MR) is 87.6 cm³/mol. The number of carbonyl (C=O) groups is 2. The van der Waals surface area contributed by atoms with Crippen LogP contribution in [0.25, 0.3) is 0 Å². The lowest BCUT2D eigenvalue weighted by Gasteiger charge is -2.05. The highest BCUT2D eigenvalue weighted by Gasteiger charge is 2.08. The van der Waals surface area contributed by atoms with E-state index in [1.165, 1.54) is 24.4 Å². The second-order valence-corrected chi connectivity index (χ2v) is 6.70. The highest BCUT2D eigenvalue weighted by atomic mass is 32.2. The average Bonchev–Trinajstić information content (AvgIpc) is 2.47. The first-order valence-corrected chi connectivity index (χ1v) is 8.51. The Morgan fingerprint density at radius 1 is 1.25 bits per heavy atom. The minimum Gasteiger partial charge on any atom is -0.483 e. The number of aromatic nitrogens is 1. The van der Waals surface area contributed by atoms with E-state index in [2.05, 4.69) is 10.3 Å². The highest BCUT2D eigenvalue weighted by Crippen LogP contribution is 2.11. The lowest BCUT2D eigenvalue weighted by molar-refractivity contribution is -0.123. The van der Waals surface area contributed by atoms with Crippen molar-refractivity contribution >= 4 is 27.9 Å². The molecule has 0 aliphatic rings. The third-order valence-corrected chi connectivity index (χ3v) is 3.90. The second kappa shape index (κ2) is 8.63. The van der Waals surface area contributed by atoms with Crippen molar-refractivity contribution in [2.45, 2.75) is 11.3 Å². The molecule has 0 aliphatic carbocycles. The summed E-state index contributed by atoms with van der Waals surface area (Å²) in [6, 6.07) is 8.97. The molecule has 1 heterocycles. The molecule has 0 aliphatic heterocycles. The maximum Gasteiger partial charge on any atom is 0.290 e. The summed E-state index contributed by atoms with van der Waals surface area (Å²) < 4.78 is 22.7. The van der Waals surface area contributed by atoms with E-state index in [1.807, 2.05) is 0 Å². The molecule has 2 aromatic rings. The van der Waals surface area contributed by atoms with E-state index in [9.17, 15) is 18.0 Å². The van der Waals surface area contributed by atoms with Gasteiger partial charge < -0.3 is 15.4 Å². The van der Waals surface area contributed by atoms with Gasteiger partial charge in [-0.3, -0.25) is 14.4 Å². The van der Waals surface area contributed by atoms with Gasteiger partial charge in [0.2, 0.25) is 11.5 Å². The zero-order valence-corrected chi connectivity index (χ0v) is 13.5. The molecule has 1 aromatic heterocycles. The normalized spacial score (nSPS) is 10.2. The number of pyridine rings is 1. The van der Waals surface area contributed by atoms with Gasteiger partial charge in [0, 0.05) is 24.2 Å². The summed E-state index contributed by atoms with van der Waals surface area (Å²) in [7, 11) is -3.24. The van der Waals surface area contributed by atoms with Crippen LogP contribution in [0.1, 0.15) is 5.56 Å². The smallest absolute Gasteiger partial charge is 0.290 e. The third kappa shape index (κ3) is 6.44. The fourth-order valence-corrected chi connectivity index (χ4v) is 2.40. The summed E-state index contributed by atoms with van der Waals surface area (Å²) >= 11 is 0. The van der Waals surface area contributed by atoms with Crippen LogP contribution in [0, 0.1) is 0 Å². The van der Waals surface area contributed by atoms with Gasteiger partial charge >= 0.3 is 0 Å². The molecule has 8 nitrogen and oxygen atoms in total. The minimum atomic E-state index is -3.24. The first kappa shape index (κ1) is 19.1. The van der Waals surface area contributed by atoms with Crippen LogP contribution < -0.4 is 10.9 Å². The molecule has 9 heteroatoms. The molecule has 3 N–H and O–H groups in total. The van der Waals surface area contributed by atoms with Crippen LogP contribution in [0.3, 0.4) is 0 Å². The van der Waals surface area contributed by atoms with Gasteiger partial charge in [0.15, 0.2) is 9.84 Å². The van der Waals surface area contributed by atoms with Crippen LogP contribution in [0.15, 0.2) is 52.3 Å². The monoisotopic (exact) mass is 352 g/mol. The fraction of sp³-hybridized carbons (Fsp3) is 0.133. The van der Waals surface area contributed by atoms with E-state index in [1.54, 1.807) is 18.2 Å². The molecule has 0 saturated heterocycles. The number of hydrogen-bond acceptors (Lipinski definition) is 5. The van der Waals surface area contributed by atoms with Crippen molar-refractivity contribution in [3.63, 3.8) is 0 Å². The van der Waals surface area contributed by atoms with Gasteiger partial charge in [-0.25, -0.2) is 8.42 Å². The molecule has 0 spiro atoms. The van der Waals surface area contributed by atoms with Crippen molar-refractivity contribution in [2.24, 2.45) is 0 Å². The van der Waals surface area contributed by atoms with Crippen molar-refractivity contribution in [2.75, 3.05) is 11.6 Å². The van der Waals surface area contributed by atoms with Crippen LogP contribution in [0.4, 0.5) is 5.69 Å². The number of H-pyrrole nitrogens is 1. The predicted octanol–water partition coefficient (Wildman–Crippen LogP) is 0.660. The Balaban J connectivity index is 0.000000891. The second-order valence-electron chi connectivity index (χ2n) is 4.69. The molecule has 1 aromatic carbocycles. The van der Waals surface area contributed by atoms with Crippen LogP contribution in [-0.4, -0.2) is 37.1 Å². The number of aromatic amines is 1. The number of benzene rings is 1. The molecule has 1 amide bonds. The number of carbonyl (C=O) groups excluding carboxylic acids is 1. The number of carboxylic acid groups (broad SMARTS) is 1. The van der Waals surface area contributed by atoms with Crippen molar-refractivity contribution in [3.8, 4) is 0 Å². The molecule has 0 atom stereocenters. The summed E-state index contributed by atoms with van der Waals surface area (Å²) in [5, 5.41) is 9.49. The van der Waals surface area contributed by atoms with Gasteiger partial charge in [0.25, 0.3) is 6.47 Å². The first-order chi connectivity index (χ1) is 11.3. The number of hydrogen-bond donors (Lipinski definition) is 3. The topological polar surface area (TPSA) is 133 Å². The Kier molecular flexibility index (Phi) is 6.87. The van der Waals surface area contributed by atoms with E-state index in [-0.39, 0.29) is 29.3 Å². The molecule has 0 bridgehead atoms. The maximum atomic E-state index is 11.8. The zero-order chi connectivity index (χ0) is 18.2. The van der Waals surface area contributed by atoms with E-state index >= 15 is 0 Å². The number of rotatable bonds is 4. The Morgan fingerprint density at radius 3 is 2.33 bits per heavy atom. The molecule has 0 saturated carbocycles. The summed E-state index contributed by atoms with van der Waals surface area (Å²) in [6.07, 6.45) is 2.66. The summed E-state index contributed by atoms with van der Waals surface area (Å²) in [4.78, 5) is 34.0. The van der Waals surface area contributed by atoms with Crippen LogP contribution >= 0.6 is 0 Å². The number of anilines is 1. The molecular formula is C15H16N2O6S. The van der Waals surface area contributed by atoms with E-state index in [0.29, 0.717) is 11.3 Å². The molecule has 2 rings (SSSR count). The minimum absolute atomic E-state index is 0.0941. The van der Waals surface area contributed by atoms with Gasteiger partial charge in [-0.1, -0.05) is 12.1 Å². The van der Waals surface area contributed by atoms with Crippen LogP contribution in [0.2, 0.25) is 0 Å². The number of sulfone groups is 1. The standard InChI is InChI=1S/C14H14N2O4S.CH2O2/c1-21(19,20)12-4-2-10(3-5-12)8-14(18)16-11-6-7-15-13(17)9-11;2-1-3/h2-7,9H,8H2,1H3,(H2,15,16,17,18);1H,(H,2,3). The van der Waals surface area contributed by atoms with E-state index in [0.717, 1.165) is 6.26 Å². The zero-order valence-electron chi connectivity index (χ0n) is 12.7. The van der Waals surface area contributed by atoms with Gasteiger partial charge in [-0.2, -0.15) is 0 Å². The summed E-state index contributed by atoms with van der Waals surface area (Å²) in [5.74, 6) is -0.285. The molecule has 128 valence electrons. The molecule has 0 unspecified atom stereocenters. The molecular weight excluding hydrogens is 336 g/mol. The Bertz CT molecular complexity index is 856. The molecule has 24 heavy (non-hydrogen) atoms. The Hall–Kier alpha value is -2.94. The average molecular weight is 352 g/mol. The highest BCUT2D eigenvalue weighted by molar-refractivity contribution is 7.90. The lowest BCUT2D eigenvalue weighted by Crippen LogP contribution is -2.16. The fourth-order valence-electron chi connectivity index (χ4n) is 1.77. The SMILES string of the molecule is CS(=O)(=O)c1ccc(CC(=O)Nc2cc[nH]c(=O)c2)cc1.O=CO. The van der Waals surface area contributed by atoms with Crippen molar-refractivity contribution in [1.29, 1.82) is 0 Å². The van der Waals surface area contributed by atoms with Gasteiger partial charge in [0.1, 0.15) is 0 Å². The Morgan fingerprint density at radius 2 is 1.83 bits per heavy atom. The lowest BCUT2D eigenvalue weighted by atomic mass is 10.1. The van der Waals surface area contributed by atoms with Gasteiger partial charge in [-0.15, -0.1) is 0 Å². The largest absolute Gasteiger partial charge is 0.483 e. The quantitative estimate of drug-likeness (QED) is 0.692. The summed E-state index contributed by atoms with van der Waals surface area (Å²) in [6.45, 7) is -0.250. The summed E-state index contributed by atoms with van der Waals surface area (Å²) in [5.41, 5.74) is 0.798. The first-order valence-electron chi connectivity index (χ1n) is 6.61. The number of nitrogens with one attached hydrogen (secondary N) is 2. The van der Waals surface area contributed by atoms with Crippen molar-refractivity contribution in [3.05, 3.63) is 58.5 Å².